The van der Waals surface area contributed by atoms with Gasteiger partial charge in [-0.05, 0) is 72.8 Å². The van der Waals surface area contributed by atoms with Crippen LogP contribution in [0.5, 0.6) is 0 Å². The average Bonchev–Trinajstić information content (AvgIpc) is 2.75. The molecular formula is C22H13Br2FN2OS2. The maximum atomic E-state index is 13.1. The van der Waals surface area contributed by atoms with Crippen LogP contribution in [0.25, 0.3) is 0 Å². The van der Waals surface area contributed by atoms with Crippen LogP contribution in [-0.4, -0.2) is 5.91 Å². The van der Waals surface area contributed by atoms with E-state index in [9.17, 15) is 14.4 Å². The largest absolute Gasteiger partial charge is 0.312 e. The summed E-state index contributed by atoms with van der Waals surface area (Å²) in [5.41, 5.74) is 0.399. The molecule has 0 spiro atoms. The van der Waals surface area contributed by atoms with E-state index in [-0.39, 0.29) is 11.3 Å². The highest BCUT2D eigenvalue weighted by Crippen LogP contribution is 2.41. The molecular weight excluding hydrogens is 551 g/mol. The Morgan fingerprint density at radius 1 is 0.833 bits per heavy atom. The van der Waals surface area contributed by atoms with Crippen LogP contribution in [0.1, 0.15) is 10.4 Å². The zero-order chi connectivity index (χ0) is 21.5. The number of allylic oxidation sites excluding steroid dienone is 1. The average molecular weight is 564 g/mol. The molecule has 3 aromatic carbocycles. The first-order chi connectivity index (χ1) is 14.4. The van der Waals surface area contributed by atoms with Gasteiger partial charge < -0.3 is 5.32 Å². The molecule has 0 heterocycles. The zero-order valence-electron chi connectivity index (χ0n) is 15.2. The van der Waals surface area contributed by atoms with Crippen molar-refractivity contribution in [3.8, 4) is 6.07 Å². The van der Waals surface area contributed by atoms with Crippen molar-refractivity contribution in [1.82, 2.24) is 5.32 Å². The fourth-order valence-corrected chi connectivity index (χ4v) is 4.90. The summed E-state index contributed by atoms with van der Waals surface area (Å²) in [5.74, 6) is -0.906. The number of hydrogen-bond donors (Lipinski definition) is 1. The Kier molecular flexibility index (Phi) is 8.16. The molecule has 3 aromatic rings. The second-order valence-corrected chi connectivity index (χ2v) is 10.1. The fraction of sp³-hybridized carbons (Fsp3) is 0. The molecule has 8 heteroatoms. The van der Waals surface area contributed by atoms with Gasteiger partial charge in [0, 0.05) is 24.3 Å². The van der Waals surface area contributed by atoms with Gasteiger partial charge in [-0.15, -0.1) is 0 Å². The molecule has 150 valence electrons. The molecule has 30 heavy (non-hydrogen) atoms. The molecule has 3 rings (SSSR count). The summed E-state index contributed by atoms with van der Waals surface area (Å²) in [4.78, 5) is 14.4. The zero-order valence-corrected chi connectivity index (χ0v) is 20.0. The molecule has 0 bridgehead atoms. The molecule has 0 radical (unpaired) electrons. The van der Waals surface area contributed by atoms with Crippen LogP contribution in [0.4, 0.5) is 4.39 Å². The Morgan fingerprint density at radius 3 is 1.73 bits per heavy atom. The van der Waals surface area contributed by atoms with Crippen molar-refractivity contribution in [1.29, 1.82) is 5.26 Å². The Labute approximate surface area is 199 Å². The molecule has 3 nitrogen and oxygen atoms in total. The molecule has 0 saturated carbocycles. The monoisotopic (exact) mass is 562 g/mol. The molecule has 0 aliphatic rings. The highest BCUT2D eigenvalue weighted by atomic mass is 79.9. The van der Waals surface area contributed by atoms with Gasteiger partial charge >= 0.3 is 0 Å². The highest BCUT2D eigenvalue weighted by molar-refractivity contribution is 9.10. The standard InChI is InChI=1S/C22H13Br2FN2OS2/c23-15-3-9-18(10-4-15)29-22(30-19-11-5-16(24)6-12-19)20(13-26)27-21(28)14-1-7-17(25)8-2-14/h1-12H,(H,27,28). The molecule has 0 aliphatic heterocycles. The number of rotatable bonds is 6. The van der Waals surface area contributed by atoms with Crippen molar-refractivity contribution in [2.45, 2.75) is 9.79 Å². The first kappa shape index (κ1) is 22.6. The Morgan fingerprint density at radius 2 is 1.30 bits per heavy atom. The van der Waals surface area contributed by atoms with Crippen molar-refractivity contribution in [3.05, 3.63) is 103 Å². The lowest BCUT2D eigenvalue weighted by atomic mass is 10.2. The number of nitrogens with zero attached hydrogens (tertiary/aromatic N) is 1. The summed E-state index contributed by atoms with van der Waals surface area (Å²) in [7, 11) is 0. The minimum Gasteiger partial charge on any atom is -0.312 e. The van der Waals surface area contributed by atoms with E-state index in [1.165, 1.54) is 47.8 Å². The summed E-state index contributed by atoms with van der Waals surface area (Å²) in [6.45, 7) is 0. The van der Waals surface area contributed by atoms with Gasteiger partial charge in [-0.3, -0.25) is 4.79 Å². The van der Waals surface area contributed by atoms with E-state index in [2.05, 4.69) is 43.2 Å². The van der Waals surface area contributed by atoms with E-state index in [1.807, 2.05) is 48.5 Å². The minimum atomic E-state index is -0.475. The SMILES string of the molecule is N#CC(NC(=O)c1ccc(F)cc1)=C(Sc1ccc(Br)cc1)Sc1ccc(Br)cc1. The van der Waals surface area contributed by atoms with Crippen LogP contribution in [0.2, 0.25) is 0 Å². The lowest BCUT2D eigenvalue weighted by molar-refractivity contribution is 0.0967. The molecule has 0 aromatic heterocycles. The number of carbonyl (C=O) groups is 1. The third-order valence-corrected chi connectivity index (χ3v) is 7.06. The van der Waals surface area contributed by atoms with Crippen molar-refractivity contribution < 1.29 is 9.18 Å². The predicted octanol–water partition coefficient (Wildman–Crippen LogP) is 7.36. The lowest BCUT2D eigenvalue weighted by Gasteiger charge is -2.12. The molecule has 1 amide bonds. The number of nitrogens with one attached hydrogen (secondary N) is 1. The number of benzene rings is 3. The second kappa shape index (κ2) is 10.8. The van der Waals surface area contributed by atoms with Crippen LogP contribution in [0.3, 0.4) is 0 Å². The topological polar surface area (TPSA) is 52.9 Å². The summed E-state index contributed by atoms with van der Waals surface area (Å²) < 4.78 is 15.7. The Balaban J connectivity index is 1.92. The van der Waals surface area contributed by atoms with E-state index in [0.29, 0.717) is 4.24 Å². The van der Waals surface area contributed by atoms with Crippen LogP contribution in [0, 0.1) is 17.1 Å². The van der Waals surface area contributed by atoms with Crippen LogP contribution in [-0.2, 0) is 0 Å². The van der Waals surface area contributed by atoms with Gasteiger partial charge in [-0.2, -0.15) is 5.26 Å². The maximum absolute atomic E-state index is 13.1. The number of halogens is 3. The fourth-order valence-electron chi connectivity index (χ4n) is 2.25. The Bertz CT molecular complexity index is 1060. The van der Waals surface area contributed by atoms with Gasteiger partial charge in [0.05, 0.1) is 4.24 Å². The normalized spacial score (nSPS) is 10.2. The molecule has 0 fully saturated rings. The Hall–Kier alpha value is -2.05. The summed E-state index contributed by atoms with van der Waals surface area (Å²) in [6.07, 6.45) is 0. The van der Waals surface area contributed by atoms with E-state index in [4.69, 9.17) is 0 Å². The smallest absolute Gasteiger partial charge is 0.256 e. The van der Waals surface area contributed by atoms with Crippen LogP contribution >= 0.6 is 55.4 Å². The van der Waals surface area contributed by atoms with Gasteiger partial charge in [0.25, 0.3) is 5.91 Å². The van der Waals surface area contributed by atoms with E-state index in [1.54, 1.807) is 0 Å². The van der Waals surface area contributed by atoms with E-state index < -0.39 is 11.7 Å². The molecule has 0 unspecified atom stereocenters. The highest BCUT2D eigenvalue weighted by Gasteiger charge is 2.15. The van der Waals surface area contributed by atoms with Gasteiger partial charge in [-0.25, -0.2) is 4.39 Å². The first-order valence-electron chi connectivity index (χ1n) is 8.53. The van der Waals surface area contributed by atoms with Gasteiger partial charge in [0.2, 0.25) is 0 Å². The number of hydrogen-bond acceptors (Lipinski definition) is 4. The lowest BCUT2D eigenvalue weighted by Crippen LogP contribution is -2.22. The van der Waals surface area contributed by atoms with Gasteiger partial charge in [-0.1, -0.05) is 55.4 Å². The van der Waals surface area contributed by atoms with Crippen molar-refractivity contribution in [2.24, 2.45) is 0 Å². The van der Waals surface area contributed by atoms with Crippen LogP contribution < -0.4 is 5.32 Å². The molecule has 0 aliphatic carbocycles. The van der Waals surface area contributed by atoms with Gasteiger partial charge in [0.1, 0.15) is 17.6 Å². The van der Waals surface area contributed by atoms with Gasteiger partial charge in [0.15, 0.2) is 0 Å². The number of carbonyl (C=O) groups excluding carboxylic acids is 1. The molecule has 1 N–H and O–H groups in total. The van der Waals surface area contributed by atoms with Crippen molar-refractivity contribution in [3.63, 3.8) is 0 Å². The maximum Gasteiger partial charge on any atom is 0.256 e. The first-order valence-corrected chi connectivity index (χ1v) is 11.7. The molecule has 0 atom stereocenters. The van der Waals surface area contributed by atoms with E-state index in [0.717, 1.165) is 18.7 Å². The van der Waals surface area contributed by atoms with E-state index >= 15 is 0 Å². The molecule has 0 saturated heterocycles. The van der Waals surface area contributed by atoms with Crippen LogP contribution in [0.15, 0.2) is 101 Å². The number of thioether (sulfide) groups is 2. The third kappa shape index (κ3) is 6.47. The number of amides is 1. The number of nitriles is 1. The quantitative estimate of drug-likeness (QED) is 0.251. The predicted molar refractivity (Wildman–Crippen MR) is 127 cm³/mol. The third-order valence-electron chi connectivity index (χ3n) is 3.71. The second-order valence-electron chi connectivity index (χ2n) is 5.85. The summed E-state index contributed by atoms with van der Waals surface area (Å²) in [6, 6.07) is 22.6. The summed E-state index contributed by atoms with van der Waals surface area (Å²) in [5, 5.41) is 12.4. The minimum absolute atomic E-state index is 0.130. The van der Waals surface area contributed by atoms with Crippen molar-refractivity contribution >= 4 is 61.3 Å². The summed E-state index contributed by atoms with van der Waals surface area (Å²) >= 11 is 9.59. The van der Waals surface area contributed by atoms with Crippen molar-refractivity contribution in [2.75, 3.05) is 0 Å².